The van der Waals surface area contributed by atoms with Crippen LogP contribution in [0.1, 0.15) is 67.7 Å². The van der Waals surface area contributed by atoms with E-state index in [1.54, 1.807) is 0 Å². The first kappa shape index (κ1) is 20.7. The zero-order valence-corrected chi connectivity index (χ0v) is 18.7. The van der Waals surface area contributed by atoms with Crippen LogP contribution in [0.15, 0.2) is 11.6 Å². The van der Waals surface area contributed by atoms with Gasteiger partial charge in [0, 0.05) is 5.57 Å². The fourth-order valence-electron chi connectivity index (χ4n) is 4.31. The van der Waals surface area contributed by atoms with E-state index in [4.69, 9.17) is 9.16 Å². The highest BCUT2D eigenvalue weighted by atomic mass is 28.4. The van der Waals surface area contributed by atoms with E-state index in [-0.39, 0.29) is 22.7 Å². The molecule has 25 heavy (non-hydrogen) atoms. The number of carbonyl (C=O) groups excluding carboxylic acids is 1. The minimum atomic E-state index is -2.01. The normalized spacial score (nSPS) is 34.2. The van der Waals surface area contributed by atoms with Crippen molar-refractivity contribution in [2.45, 2.75) is 97.6 Å². The first-order chi connectivity index (χ1) is 11.3. The van der Waals surface area contributed by atoms with E-state index < -0.39 is 8.32 Å². The fraction of sp³-hybridized carbons (Fsp3) is 0.857. The Balaban J connectivity index is 2.52. The van der Waals surface area contributed by atoms with Gasteiger partial charge in [0.05, 0.1) is 0 Å². The standard InChI is InChI=1S/C21H38O3Si/c1-14(2)17-11-10-15(3)13-21(17,18-12-16(4)19(22)23-18)24-25(8,9)20(5,6)7/h12,14-15,17-18H,10-11,13H2,1-9H3/t15-,17+,18+,21+/m0/s1. The van der Waals surface area contributed by atoms with Crippen molar-refractivity contribution < 1.29 is 14.0 Å². The Bertz CT molecular complexity index is 544. The minimum absolute atomic E-state index is 0.129. The second-order valence-electron chi connectivity index (χ2n) is 10.2. The Hall–Kier alpha value is -0.613. The number of carbonyl (C=O) groups is 1. The van der Waals surface area contributed by atoms with Gasteiger partial charge in [-0.1, -0.05) is 48.0 Å². The molecule has 0 spiro atoms. The first-order valence-corrected chi connectivity index (χ1v) is 12.8. The van der Waals surface area contributed by atoms with Gasteiger partial charge in [-0.05, 0) is 61.7 Å². The number of esters is 1. The summed E-state index contributed by atoms with van der Waals surface area (Å²) in [5.41, 5.74) is 0.339. The summed E-state index contributed by atoms with van der Waals surface area (Å²) in [6, 6.07) is 0. The van der Waals surface area contributed by atoms with Crippen LogP contribution in [-0.2, 0) is 14.0 Å². The Morgan fingerprint density at radius 1 is 1.28 bits per heavy atom. The molecule has 0 unspecified atom stereocenters. The molecule has 1 fully saturated rings. The highest BCUT2D eigenvalue weighted by molar-refractivity contribution is 6.74. The predicted molar refractivity (Wildman–Crippen MR) is 106 cm³/mol. The highest BCUT2D eigenvalue weighted by Gasteiger charge is 2.57. The van der Waals surface area contributed by atoms with Crippen LogP contribution in [-0.4, -0.2) is 26.0 Å². The summed E-state index contributed by atoms with van der Waals surface area (Å²) in [5, 5.41) is 0.129. The second-order valence-corrected chi connectivity index (χ2v) is 15.0. The lowest BCUT2D eigenvalue weighted by atomic mass is 9.64. The molecule has 2 aliphatic rings. The number of hydrogen-bond donors (Lipinski definition) is 0. The van der Waals surface area contributed by atoms with Crippen LogP contribution in [0.5, 0.6) is 0 Å². The Morgan fingerprint density at radius 3 is 2.32 bits per heavy atom. The van der Waals surface area contributed by atoms with Crippen LogP contribution in [0.4, 0.5) is 0 Å². The summed E-state index contributed by atoms with van der Waals surface area (Å²) < 4.78 is 13.0. The van der Waals surface area contributed by atoms with Gasteiger partial charge in [-0.25, -0.2) is 4.79 Å². The Kier molecular flexibility index (Phi) is 5.66. The van der Waals surface area contributed by atoms with Crippen molar-refractivity contribution in [3.05, 3.63) is 11.6 Å². The molecule has 4 heteroatoms. The molecule has 0 amide bonds. The summed E-state index contributed by atoms with van der Waals surface area (Å²) in [5.74, 6) is 1.33. The van der Waals surface area contributed by atoms with Crippen LogP contribution in [0.25, 0.3) is 0 Å². The maximum absolute atomic E-state index is 12.2. The summed E-state index contributed by atoms with van der Waals surface area (Å²) in [6.07, 6.45) is 5.14. The topological polar surface area (TPSA) is 35.5 Å². The molecule has 0 aromatic heterocycles. The van der Waals surface area contributed by atoms with Gasteiger partial charge in [-0.2, -0.15) is 0 Å². The van der Waals surface area contributed by atoms with E-state index in [9.17, 15) is 4.79 Å². The van der Waals surface area contributed by atoms with E-state index >= 15 is 0 Å². The third-order valence-electron chi connectivity index (χ3n) is 6.76. The van der Waals surface area contributed by atoms with Crippen LogP contribution in [0, 0.1) is 17.8 Å². The van der Waals surface area contributed by atoms with Gasteiger partial charge in [-0.3, -0.25) is 0 Å². The van der Waals surface area contributed by atoms with Crippen molar-refractivity contribution in [2.24, 2.45) is 17.8 Å². The second kappa shape index (κ2) is 6.84. The molecule has 0 bridgehead atoms. The van der Waals surface area contributed by atoms with Gasteiger partial charge in [0.2, 0.25) is 0 Å². The summed E-state index contributed by atoms with van der Waals surface area (Å²) in [6.45, 7) is 20.2. The van der Waals surface area contributed by atoms with Gasteiger partial charge in [-0.15, -0.1) is 0 Å². The molecule has 2 rings (SSSR count). The molecule has 0 aromatic rings. The zero-order chi connectivity index (χ0) is 19.2. The first-order valence-electron chi connectivity index (χ1n) is 9.90. The Labute approximate surface area is 155 Å². The van der Waals surface area contributed by atoms with Crippen molar-refractivity contribution in [3.63, 3.8) is 0 Å². The van der Waals surface area contributed by atoms with E-state index in [0.29, 0.717) is 17.8 Å². The van der Waals surface area contributed by atoms with Crippen LogP contribution in [0.3, 0.4) is 0 Å². The van der Waals surface area contributed by atoms with Crippen molar-refractivity contribution in [2.75, 3.05) is 0 Å². The highest BCUT2D eigenvalue weighted by Crippen LogP contribution is 2.52. The van der Waals surface area contributed by atoms with Crippen LogP contribution < -0.4 is 0 Å². The van der Waals surface area contributed by atoms with E-state index in [2.05, 4.69) is 54.6 Å². The molecule has 3 nitrogen and oxygen atoms in total. The lowest BCUT2D eigenvalue weighted by Crippen LogP contribution is -2.61. The molecule has 0 aromatic carbocycles. The van der Waals surface area contributed by atoms with E-state index in [1.165, 1.54) is 6.42 Å². The fourth-order valence-corrected chi connectivity index (χ4v) is 5.92. The number of rotatable bonds is 4. The third-order valence-corrected chi connectivity index (χ3v) is 11.3. The van der Waals surface area contributed by atoms with Crippen molar-refractivity contribution in [3.8, 4) is 0 Å². The number of ether oxygens (including phenoxy) is 1. The molecule has 0 N–H and O–H groups in total. The molecule has 0 radical (unpaired) electrons. The van der Waals surface area contributed by atoms with Crippen molar-refractivity contribution in [1.29, 1.82) is 0 Å². The monoisotopic (exact) mass is 366 g/mol. The minimum Gasteiger partial charge on any atom is -0.452 e. The molecule has 4 atom stereocenters. The maximum Gasteiger partial charge on any atom is 0.334 e. The molecule has 144 valence electrons. The van der Waals surface area contributed by atoms with E-state index in [1.807, 2.05) is 13.0 Å². The predicted octanol–water partition coefficient (Wildman–Crippen LogP) is 5.71. The molecule has 1 aliphatic carbocycles. The summed E-state index contributed by atoms with van der Waals surface area (Å²) in [7, 11) is -2.01. The quantitative estimate of drug-likeness (QED) is 0.472. The van der Waals surface area contributed by atoms with Gasteiger partial charge in [0.15, 0.2) is 8.32 Å². The smallest absolute Gasteiger partial charge is 0.334 e. The molecule has 0 saturated heterocycles. The summed E-state index contributed by atoms with van der Waals surface area (Å²) >= 11 is 0. The van der Waals surface area contributed by atoms with Crippen molar-refractivity contribution >= 4 is 14.3 Å². The molecule has 1 heterocycles. The summed E-state index contributed by atoms with van der Waals surface area (Å²) in [4.78, 5) is 12.2. The molecular formula is C21H38O3Si. The lowest BCUT2D eigenvalue weighted by Gasteiger charge is -2.55. The molecule has 1 aliphatic heterocycles. The molecular weight excluding hydrogens is 328 g/mol. The van der Waals surface area contributed by atoms with Gasteiger partial charge in [0.1, 0.15) is 11.7 Å². The lowest BCUT2D eigenvalue weighted by molar-refractivity contribution is -0.165. The van der Waals surface area contributed by atoms with Gasteiger partial charge in [0.25, 0.3) is 0 Å². The largest absolute Gasteiger partial charge is 0.452 e. The third kappa shape index (κ3) is 3.90. The van der Waals surface area contributed by atoms with Crippen LogP contribution >= 0.6 is 0 Å². The van der Waals surface area contributed by atoms with E-state index in [0.717, 1.165) is 18.4 Å². The number of hydrogen-bond acceptors (Lipinski definition) is 3. The van der Waals surface area contributed by atoms with Gasteiger partial charge >= 0.3 is 5.97 Å². The average Bonchev–Trinajstić information content (AvgIpc) is 2.77. The maximum atomic E-state index is 12.2. The zero-order valence-electron chi connectivity index (χ0n) is 17.7. The Morgan fingerprint density at radius 2 is 1.88 bits per heavy atom. The van der Waals surface area contributed by atoms with Crippen molar-refractivity contribution in [1.82, 2.24) is 0 Å². The van der Waals surface area contributed by atoms with Gasteiger partial charge < -0.3 is 9.16 Å². The number of cyclic esters (lactones) is 1. The average molecular weight is 367 g/mol. The van der Waals surface area contributed by atoms with Crippen LogP contribution in [0.2, 0.25) is 18.1 Å². The SMILES string of the molecule is CC1=C[C@H]([C@@]2(O[Si](C)(C)C(C)(C)C)C[C@@H](C)CC[C@@H]2C(C)C)OC1=O. The molecule has 1 saturated carbocycles.